The van der Waals surface area contributed by atoms with Crippen molar-refractivity contribution in [3.63, 3.8) is 0 Å². The zero-order valence-corrected chi connectivity index (χ0v) is 10.1. The molecule has 4 heteroatoms. The zero-order valence-electron chi connectivity index (χ0n) is 10.1. The van der Waals surface area contributed by atoms with Crippen LogP contribution < -0.4 is 0 Å². The lowest BCUT2D eigenvalue weighted by molar-refractivity contribution is 0.0525. The van der Waals surface area contributed by atoms with E-state index in [1.807, 2.05) is 6.92 Å². The van der Waals surface area contributed by atoms with Gasteiger partial charge in [-0.2, -0.15) is 0 Å². The summed E-state index contributed by atoms with van der Waals surface area (Å²) in [5, 5.41) is 9.06. The van der Waals surface area contributed by atoms with Gasteiger partial charge in [0.05, 0.1) is 6.61 Å². The molecule has 1 N–H and O–H groups in total. The first kappa shape index (κ1) is 12.0. The van der Waals surface area contributed by atoms with Gasteiger partial charge in [-0.15, -0.1) is 0 Å². The van der Waals surface area contributed by atoms with E-state index in [4.69, 9.17) is 5.11 Å². The molecule has 0 bridgehead atoms. The average molecular weight is 234 g/mol. The fourth-order valence-corrected chi connectivity index (χ4v) is 2.12. The van der Waals surface area contributed by atoms with Crippen molar-refractivity contribution in [3.8, 4) is 0 Å². The zero-order chi connectivity index (χ0) is 12.3. The molecule has 1 aromatic heterocycles. The minimum atomic E-state index is 0.0173. The molecule has 0 saturated heterocycles. The number of carbonyl (C=O) groups is 1. The Morgan fingerprint density at radius 2 is 2.35 bits per heavy atom. The normalized spacial score (nSPS) is 15.4. The number of rotatable bonds is 4. The van der Waals surface area contributed by atoms with Crippen molar-refractivity contribution in [1.82, 2.24) is 9.88 Å². The monoisotopic (exact) mass is 234 g/mol. The Morgan fingerprint density at radius 1 is 1.59 bits per heavy atom. The number of hydrogen-bond acceptors (Lipinski definition) is 3. The van der Waals surface area contributed by atoms with Crippen LogP contribution in [0.2, 0.25) is 0 Å². The van der Waals surface area contributed by atoms with Crippen LogP contribution in [-0.4, -0.2) is 40.1 Å². The Hall–Kier alpha value is -1.42. The maximum Gasteiger partial charge on any atom is 0.254 e. The van der Waals surface area contributed by atoms with Crippen molar-refractivity contribution in [2.75, 3.05) is 13.2 Å². The van der Waals surface area contributed by atoms with Gasteiger partial charge < -0.3 is 10.0 Å². The van der Waals surface area contributed by atoms with Gasteiger partial charge in [-0.25, -0.2) is 0 Å². The van der Waals surface area contributed by atoms with Crippen molar-refractivity contribution in [2.45, 2.75) is 32.2 Å². The van der Waals surface area contributed by atoms with E-state index < -0.39 is 0 Å². The van der Waals surface area contributed by atoms with E-state index in [1.54, 1.807) is 23.4 Å². The van der Waals surface area contributed by atoms with Gasteiger partial charge in [0, 0.05) is 30.5 Å². The minimum Gasteiger partial charge on any atom is -0.395 e. The molecule has 4 nitrogen and oxygen atoms in total. The van der Waals surface area contributed by atoms with Gasteiger partial charge in [0.15, 0.2) is 0 Å². The van der Waals surface area contributed by atoms with Crippen LogP contribution in [0, 0.1) is 6.92 Å². The van der Waals surface area contributed by atoms with Gasteiger partial charge in [-0.3, -0.25) is 9.78 Å². The lowest BCUT2D eigenvalue weighted by atomic mass is 9.91. The van der Waals surface area contributed by atoms with E-state index in [1.165, 1.54) is 6.42 Å². The summed E-state index contributed by atoms with van der Waals surface area (Å²) in [5.41, 5.74) is 1.58. The second kappa shape index (κ2) is 5.27. The number of aromatic nitrogens is 1. The summed E-state index contributed by atoms with van der Waals surface area (Å²) in [6.45, 7) is 2.33. The summed E-state index contributed by atoms with van der Waals surface area (Å²) in [6, 6.07) is 2.06. The van der Waals surface area contributed by atoms with Gasteiger partial charge in [-0.1, -0.05) is 0 Å². The average Bonchev–Trinajstić information content (AvgIpc) is 2.26. The lowest BCUT2D eigenvalue weighted by Gasteiger charge is -2.37. The van der Waals surface area contributed by atoms with Crippen molar-refractivity contribution in [1.29, 1.82) is 0 Å². The minimum absolute atomic E-state index is 0.0173. The van der Waals surface area contributed by atoms with Crippen molar-refractivity contribution < 1.29 is 9.90 Å². The first-order chi connectivity index (χ1) is 8.24. The fraction of sp³-hybridized carbons (Fsp3) is 0.538. The third-order valence-electron chi connectivity index (χ3n) is 3.37. The molecule has 1 amide bonds. The van der Waals surface area contributed by atoms with E-state index in [9.17, 15) is 4.79 Å². The van der Waals surface area contributed by atoms with Crippen LogP contribution in [0.1, 0.15) is 35.2 Å². The molecule has 92 valence electrons. The summed E-state index contributed by atoms with van der Waals surface area (Å²) >= 11 is 0. The first-order valence-electron chi connectivity index (χ1n) is 6.06. The van der Waals surface area contributed by atoms with Crippen molar-refractivity contribution in [3.05, 3.63) is 29.6 Å². The molecule has 1 aromatic rings. The highest BCUT2D eigenvalue weighted by Crippen LogP contribution is 2.26. The highest BCUT2D eigenvalue weighted by atomic mass is 16.3. The molecule has 0 aromatic carbocycles. The molecule has 17 heavy (non-hydrogen) atoms. The quantitative estimate of drug-likeness (QED) is 0.856. The molecule has 0 aliphatic heterocycles. The Morgan fingerprint density at radius 3 is 2.88 bits per heavy atom. The SMILES string of the molecule is Cc1cnccc1C(=O)N(CCO)C1CCC1. The molecule has 1 fully saturated rings. The van der Waals surface area contributed by atoms with E-state index in [2.05, 4.69) is 4.98 Å². The molecule has 1 aliphatic carbocycles. The summed E-state index contributed by atoms with van der Waals surface area (Å²) in [6.07, 6.45) is 6.62. The topological polar surface area (TPSA) is 53.4 Å². The van der Waals surface area contributed by atoms with Gasteiger partial charge >= 0.3 is 0 Å². The standard InChI is InChI=1S/C13H18N2O2/c1-10-9-14-6-5-12(10)13(17)15(7-8-16)11-3-2-4-11/h5-6,9,11,16H,2-4,7-8H2,1H3. The van der Waals surface area contributed by atoms with Crippen LogP contribution in [0.4, 0.5) is 0 Å². The molecule has 1 aliphatic rings. The molecule has 1 heterocycles. The van der Waals surface area contributed by atoms with Crippen LogP contribution in [0.5, 0.6) is 0 Å². The summed E-state index contributed by atoms with van der Waals surface area (Å²) in [7, 11) is 0. The lowest BCUT2D eigenvalue weighted by Crippen LogP contribution is -2.45. The predicted octanol–water partition coefficient (Wildman–Crippen LogP) is 1.38. The first-order valence-corrected chi connectivity index (χ1v) is 6.06. The number of nitrogens with zero attached hydrogens (tertiary/aromatic N) is 2. The van der Waals surface area contributed by atoms with Crippen LogP contribution >= 0.6 is 0 Å². The van der Waals surface area contributed by atoms with Crippen LogP contribution in [-0.2, 0) is 0 Å². The smallest absolute Gasteiger partial charge is 0.254 e. The predicted molar refractivity (Wildman–Crippen MR) is 64.7 cm³/mol. The van der Waals surface area contributed by atoms with E-state index in [0.717, 1.165) is 18.4 Å². The molecule has 0 unspecified atom stereocenters. The largest absolute Gasteiger partial charge is 0.395 e. The second-order valence-corrected chi connectivity index (χ2v) is 4.50. The summed E-state index contributed by atoms with van der Waals surface area (Å²) in [4.78, 5) is 18.2. The molecule has 1 saturated carbocycles. The third kappa shape index (κ3) is 2.47. The summed E-state index contributed by atoms with van der Waals surface area (Å²) in [5.74, 6) is 0.0173. The number of aliphatic hydroxyl groups is 1. The van der Waals surface area contributed by atoms with Gasteiger partial charge in [0.25, 0.3) is 5.91 Å². The highest BCUT2D eigenvalue weighted by Gasteiger charge is 2.29. The number of carbonyl (C=O) groups excluding carboxylic acids is 1. The van der Waals surface area contributed by atoms with Gasteiger partial charge in [0.2, 0.25) is 0 Å². The Labute approximate surface area is 101 Å². The van der Waals surface area contributed by atoms with Crippen LogP contribution in [0.25, 0.3) is 0 Å². The Bertz CT molecular complexity index is 402. The highest BCUT2D eigenvalue weighted by molar-refractivity contribution is 5.95. The van der Waals surface area contributed by atoms with Crippen molar-refractivity contribution >= 4 is 5.91 Å². The van der Waals surface area contributed by atoms with Crippen LogP contribution in [0.3, 0.4) is 0 Å². The number of amides is 1. The third-order valence-corrected chi connectivity index (χ3v) is 3.37. The molecular formula is C13H18N2O2. The number of hydrogen-bond donors (Lipinski definition) is 1. The summed E-state index contributed by atoms with van der Waals surface area (Å²) < 4.78 is 0. The Kier molecular flexibility index (Phi) is 3.74. The maximum absolute atomic E-state index is 12.4. The number of aryl methyl sites for hydroxylation is 1. The van der Waals surface area contributed by atoms with Gasteiger partial charge in [-0.05, 0) is 37.8 Å². The fourth-order valence-electron chi connectivity index (χ4n) is 2.12. The Balaban J connectivity index is 2.18. The van der Waals surface area contributed by atoms with Crippen LogP contribution in [0.15, 0.2) is 18.5 Å². The maximum atomic E-state index is 12.4. The number of aliphatic hydroxyl groups excluding tert-OH is 1. The van der Waals surface area contributed by atoms with Crippen molar-refractivity contribution in [2.24, 2.45) is 0 Å². The van der Waals surface area contributed by atoms with E-state index in [-0.39, 0.29) is 12.5 Å². The molecule has 0 atom stereocenters. The van der Waals surface area contributed by atoms with E-state index in [0.29, 0.717) is 18.2 Å². The van der Waals surface area contributed by atoms with E-state index >= 15 is 0 Å². The molecule has 0 radical (unpaired) electrons. The molecule has 2 rings (SSSR count). The van der Waals surface area contributed by atoms with Gasteiger partial charge in [0.1, 0.15) is 0 Å². The number of pyridine rings is 1. The molecular weight excluding hydrogens is 216 g/mol. The molecule has 0 spiro atoms. The second-order valence-electron chi connectivity index (χ2n) is 4.50.